The first-order valence-corrected chi connectivity index (χ1v) is 5.42. The third kappa shape index (κ3) is 7.61. The summed E-state index contributed by atoms with van der Waals surface area (Å²) in [7, 11) is 8.37. The minimum absolute atomic E-state index is 0. The fraction of sp³-hybridized carbons (Fsp3) is 0.889. The topological polar surface area (TPSA) is 6.25 Å². The Morgan fingerprint density at radius 3 is 2.15 bits per heavy atom. The van der Waals surface area contributed by atoms with Gasteiger partial charge in [-0.15, -0.1) is 0 Å². The molecule has 0 atom stereocenters. The van der Waals surface area contributed by atoms with E-state index in [1.807, 2.05) is 11.8 Å². The summed E-state index contributed by atoms with van der Waals surface area (Å²) in [4.78, 5) is 2.17. The van der Waals surface area contributed by atoms with Gasteiger partial charge in [-0.2, -0.15) is 0 Å². The standard InChI is InChI=1S/C9H21N2S.HI/c1-6-7-8-12-9(10(2)3)11(4)5;/h6-8H2,1-5H3;1H/q+1;/p-1. The second kappa shape index (κ2) is 9.12. The van der Waals surface area contributed by atoms with E-state index in [-0.39, 0.29) is 24.0 Å². The number of unbranched alkanes of at least 4 members (excludes halogenated alkanes) is 1. The monoisotopic (exact) mass is 316 g/mol. The lowest BCUT2D eigenvalue weighted by Gasteiger charge is -2.09. The lowest BCUT2D eigenvalue weighted by molar-refractivity contribution is -0.466. The molecule has 0 fully saturated rings. The van der Waals surface area contributed by atoms with Crippen molar-refractivity contribution in [1.82, 2.24) is 4.90 Å². The Morgan fingerprint density at radius 2 is 1.85 bits per heavy atom. The van der Waals surface area contributed by atoms with Gasteiger partial charge in [0, 0.05) is 5.75 Å². The van der Waals surface area contributed by atoms with E-state index < -0.39 is 0 Å². The van der Waals surface area contributed by atoms with Gasteiger partial charge in [0.2, 0.25) is 0 Å². The van der Waals surface area contributed by atoms with E-state index in [0.29, 0.717) is 0 Å². The zero-order valence-corrected chi connectivity index (χ0v) is 12.3. The third-order valence-corrected chi connectivity index (χ3v) is 2.98. The molecule has 0 radical (unpaired) electrons. The van der Waals surface area contributed by atoms with E-state index in [0.717, 1.165) is 0 Å². The predicted molar refractivity (Wildman–Crippen MR) is 58.2 cm³/mol. The van der Waals surface area contributed by atoms with E-state index in [1.54, 1.807) is 0 Å². The molecule has 4 heteroatoms. The maximum absolute atomic E-state index is 2.23. The van der Waals surface area contributed by atoms with E-state index in [1.165, 1.54) is 23.8 Å². The zero-order valence-electron chi connectivity index (χ0n) is 9.30. The van der Waals surface area contributed by atoms with Crippen LogP contribution in [0.4, 0.5) is 0 Å². The highest BCUT2D eigenvalue weighted by molar-refractivity contribution is 8.13. The van der Waals surface area contributed by atoms with Crippen LogP contribution in [0.25, 0.3) is 0 Å². The highest BCUT2D eigenvalue weighted by Crippen LogP contribution is 2.08. The highest BCUT2D eigenvalue weighted by atomic mass is 127. The molecule has 0 spiro atoms. The zero-order chi connectivity index (χ0) is 9.56. The molecular formula is C9H21IN2S. The van der Waals surface area contributed by atoms with Gasteiger partial charge in [-0.05, 0) is 18.2 Å². The smallest absolute Gasteiger partial charge is 0.307 e. The summed E-state index contributed by atoms with van der Waals surface area (Å²) in [5, 5.41) is 1.34. The van der Waals surface area contributed by atoms with Crippen molar-refractivity contribution in [3.63, 3.8) is 0 Å². The maximum atomic E-state index is 2.23. The Bertz CT molecular complexity index is 154. The Balaban J connectivity index is 0. The van der Waals surface area contributed by atoms with Gasteiger partial charge in [0.15, 0.2) is 0 Å². The second-order valence-corrected chi connectivity index (χ2v) is 4.34. The Labute approximate surface area is 104 Å². The van der Waals surface area contributed by atoms with Gasteiger partial charge in [-0.1, -0.05) is 13.3 Å². The highest BCUT2D eigenvalue weighted by Gasteiger charge is 2.10. The number of hydrogen-bond acceptors (Lipinski definition) is 1. The van der Waals surface area contributed by atoms with E-state index in [4.69, 9.17) is 0 Å². The Kier molecular flexibility index (Phi) is 11.2. The van der Waals surface area contributed by atoms with Gasteiger partial charge in [0.05, 0.1) is 28.2 Å². The molecule has 0 aromatic heterocycles. The number of nitrogens with zero attached hydrogens (tertiary/aromatic N) is 2. The van der Waals surface area contributed by atoms with Crippen molar-refractivity contribution in [1.29, 1.82) is 0 Å². The van der Waals surface area contributed by atoms with E-state index in [9.17, 15) is 0 Å². The molecular weight excluding hydrogens is 295 g/mol. The van der Waals surface area contributed by atoms with Gasteiger partial charge in [-0.3, -0.25) is 9.48 Å². The van der Waals surface area contributed by atoms with Crippen molar-refractivity contribution < 1.29 is 28.6 Å². The number of thioether (sulfide) groups is 1. The molecule has 0 aliphatic carbocycles. The van der Waals surface area contributed by atoms with Crippen LogP contribution in [0.2, 0.25) is 0 Å². The molecule has 0 saturated carbocycles. The summed E-state index contributed by atoms with van der Waals surface area (Å²) in [5.74, 6) is 1.22. The van der Waals surface area contributed by atoms with E-state index >= 15 is 0 Å². The van der Waals surface area contributed by atoms with Crippen LogP contribution in [0.15, 0.2) is 0 Å². The fourth-order valence-electron chi connectivity index (χ4n) is 0.966. The Hall–Kier alpha value is 0.550. The molecule has 0 saturated heterocycles. The van der Waals surface area contributed by atoms with Crippen LogP contribution in [0.1, 0.15) is 19.8 Å². The first kappa shape index (κ1) is 16.0. The average molecular weight is 316 g/mol. The summed E-state index contributed by atoms with van der Waals surface area (Å²) in [6.07, 6.45) is 2.58. The molecule has 80 valence electrons. The second-order valence-electron chi connectivity index (χ2n) is 3.27. The van der Waals surface area contributed by atoms with Crippen LogP contribution in [0.5, 0.6) is 0 Å². The van der Waals surface area contributed by atoms with Crippen molar-refractivity contribution in [2.24, 2.45) is 0 Å². The first-order chi connectivity index (χ1) is 5.59. The lowest BCUT2D eigenvalue weighted by atomic mass is 10.4. The molecule has 0 rings (SSSR count). The number of amidine groups is 1. The fourth-order valence-corrected chi connectivity index (χ4v) is 2.10. The van der Waals surface area contributed by atoms with Crippen LogP contribution in [-0.2, 0) is 0 Å². The molecule has 0 aliphatic rings. The number of rotatable bonds is 3. The Morgan fingerprint density at radius 1 is 1.31 bits per heavy atom. The van der Waals surface area contributed by atoms with Gasteiger partial charge >= 0.3 is 5.17 Å². The van der Waals surface area contributed by atoms with Gasteiger partial charge in [0.1, 0.15) is 0 Å². The molecule has 0 aliphatic heterocycles. The number of halogens is 1. The van der Waals surface area contributed by atoms with Crippen molar-refractivity contribution in [3.8, 4) is 0 Å². The van der Waals surface area contributed by atoms with Crippen molar-refractivity contribution in [2.75, 3.05) is 33.9 Å². The molecule has 2 nitrogen and oxygen atoms in total. The summed E-state index contributed by atoms with van der Waals surface area (Å²) in [6, 6.07) is 0. The van der Waals surface area contributed by atoms with Gasteiger partial charge in [0.25, 0.3) is 0 Å². The van der Waals surface area contributed by atoms with Crippen molar-refractivity contribution in [3.05, 3.63) is 0 Å². The molecule has 0 N–H and O–H groups in total. The lowest BCUT2D eigenvalue weighted by Crippen LogP contribution is -3.00. The molecule has 0 heterocycles. The first-order valence-electron chi connectivity index (χ1n) is 4.44. The summed E-state index contributed by atoms with van der Waals surface area (Å²) in [6.45, 7) is 2.23. The number of hydrogen-bond donors (Lipinski definition) is 0. The molecule has 0 unspecified atom stereocenters. The normalized spacial score (nSPS) is 9.00. The average Bonchev–Trinajstić information content (AvgIpc) is 1.96. The van der Waals surface area contributed by atoms with Gasteiger partial charge in [-0.25, -0.2) is 0 Å². The summed E-state index contributed by atoms with van der Waals surface area (Å²) < 4.78 is 2.17. The van der Waals surface area contributed by atoms with Crippen LogP contribution < -0.4 is 24.0 Å². The van der Waals surface area contributed by atoms with Crippen LogP contribution in [0, 0.1) is 0 Å². The predicted octanol–water partition coefficient (Wildman–Crippen LogP) is -1.29. The molecule has 0 amide bonds. The van der Waals surface area contributed by atoms with Crippen molar-refractivity contribution >= 4 is 16.9 Å². The summed E-state index contributed by atoms with van der Waals surface area (Å²) >= 11 is 1.93. The molecule has 13 heavy (non-hydrogen) atoms. The maximum Gasteiger partial charge on any atom is 0.307 e. The molecule has 0 bridgehead atoms. The van der Waals surface area contributed by atoms with Gasteiger partial charge < -0.3 is 24.0 Å². The molecule has 0 aromatic rings. The van der Waals surface area contributed by atoms with Crippen molar-refractivity contribution in [2.45, 2.75) is 19.8 Å². The largest absolute Gasteiger partial charge is 1.00 e. The minimum Gasteiger partial charge on any atom is -1.00 e. The third-order valence-electron chi connectivity index (χ3n) is 1.49. The minimum atomic E-state index is 0. The molecule has 0 aromatic carbocycles. The van der Waals surface area contributed by atoms with E-state index in [2.05, 4.69) is 44.6 Å². The van der Waals surface area contributed by atoms with Crippen LogP contribution in [0.3, 0.4) is 0 Å². The summed E-state index contributed by atoms with van der Waals surface area (Å²) in [5.41, 5.74) is 0. The quantitative estimate of drug-likeness (QED) is 0.210. The van der Waals surface area contributed by atoms with Crippen LogP contribution in [-0.4, -0.2) is 48.6 Å². The SMILES string of the molecule is CCCCSC(N(C)C)=[N+](C)C.[I-]. The van der Waals surface area contributed by atoms with Crippen LogP contribution >= 0.6 is 11.8 Å².